The molecule has 0 aliphatic carbocycles. The second-order valence-corrected chi connectivity index (χ2v) is 9.11. The highest BCUT2D eigenvalue weighted by atomic mass is 32.1. The van der Waals surface area contributed by atoms with Gasteiger partial charge >= 0.3 is 5.97 Å². The first-order valence-corrected chi connectivity index (χ1v) is 9.47. The van der Waals surface area contributed by atoms with Crippen LogP contribution < -0.4 is 5.32 Å². The number of aromatic nitrogens is 1. The number of carbonyl (C=O) groups is 1. The third kappa shape index (κ3) is 7.01. The Morgan fingerprint density at radius 1 is 1.56 bits per heavy atom. The Bertz CT molecular complexity index is 534. The summed E-state index contributed by atoms with van der Waals surface area (Å²) in [6, 6.07) is -0.0174. The van der Waals surface area contributed by atoms with Gasteiger partial charge in [0.15, 0.2) is 0 Å². The number of hydrogen-bond donors (Lipinski definition) is 2. The second-order valence-electron chi connectivity index (χ2n) is 8.19. The van der Waals surface area contributed by atoms with Crippen molar-refractivity contribution >= 4 is 17.3 Å². The lowest BCUT2D eigenvalue weighted by molar-refractivity contribution is -0.306. The maximum absolute atomic E-state index is 12.0. The van der Waals surface area contributed by atoms with Gasteiger partial charge in [-0.2, -0.15) is 0 Å². The number of nitrogens with one attached hydrogen (secondary N) is 1. The van der Waals surface area contributed by atoms with Crippen LogP contribution in [0.1, 0.15) is 66.9 Å². The number of thiazole rings is 1. The van der Waals surface area contributed by atoms with Crippen molar-refractivity contribution in [2.45, 2.75) is 71.6 Å². The molecule has 1 aliphatic rings. The van der Waals surface area contributed by atoms with Crippen molar-refractivity contribution in [3.63, 3.8) is 0 Å². The van der Waals surface area contributed by atoms with Crippen LogP contribution in [0, 0.1) is 11.8 Å². The highest BCUT2D eigenvalue weighted by Crippen LogP contribution is 2.41. The van der Waals surface area contributed by atoms with E-state index in [2.05, 4.69) is 36.0 Å². The van der Waals surface area contributed by atoms with Gasteiger partial charge in [-0.05, 0) is 46.5 Å². The summed E-state index contributed by atoms with van der Waals surface area (Å²) >= 11 is 1.59. The van der Waals surface area contributed by atoms with Gasteiger partial charge in [0, 0.05) is 18.5 Å². The quantitative estimate of drug-likeness (QED) is 0.465. The van der Waals surface area contributed by atoms with Crippen LogP contribution in [0.2, 0.25) is 0 Å². The summed E-state index contributed by atoms with van der Waals surface area (Å²) in [6.45, 7) is 11.9. The highest BCUT2D eigenvalue weighted by Gasteiger charge is 2.47. The van der Waals surface area contributed by atoms with E-state index < -0.39 is 5.60 Å². The molecular weight excluding hydrogens is 340 g/mol. The van der Waals surface area contributed by atoms with E-state index in [9.17, 15) is 4.79 Å². The molecule has 2 N–H and O–H groups in total. The molecule has 6 nitrogen and oxygen atoms in total. The minimum atomic E-state index is -0.403. The van der Waals surface area contributed by atoms with Crippen LogP contribution >= 0.6 is 11.3 Å². The Hall–Kier alpha value is -1.02. The van der Waals surface area contributed by atoms with E-state index in [1.165, 1.54) is 7.11 Å². The fourth-order valence-electron chi connectivity index (χ4n) is 3.17. The normalized spacial score (nSPS) is 26.3. The first-order valence-electron chi connectivity index (χ1n) is 8.59. The third-order valence-corrected chi connectivity index (χ3v) is 4.79. The van der Waals surface area contributed by atoms with Gasteiger partial charge in [-0.3, -0.25) is 10.1 Å². The average Bonchev–Trinajstić information content (AvgIpc) is 3.13. The Kier molecular flexibility index (Phi) is 7.99. The van der Waals surface area contributed by atoms with Gasteiger partial charge in [0.25, 0.3) is 0 Å². The largest absolute Gasteiger partial charge is 0.469 e. The van der Waals surface area contributed by atoms with E-state index in [0.29, 0.717) is 5.92 Å². The molecular formula is C18H34N2O4S. The van der Waals surface area contributed by atoms with E-state index in [0.717, 1.165) is 17.8 Å². The zero-order valence-corrected chi connectivity index (χ0v) is 17.1. The molecule has 1 aromatic heterocycles. The van der Waals surface area contributed by atoms with Gasteiger partial charge in [-0.1, -0.05) is 13.8 Å². The monoisotopic (exact) mass is 374 g/mol. The molecule has 1 fully saturated rings. The number of carbonyl (C=O) groups excluding carboxylic acids is 1. The van der Waals surface area contributed by atoms with Crippen LogP contribution in [0.5, 0.6) is 0 Å². The van der Waals surface area contributed by atoms with Gasteiger partial charge in [0.1, 0.15) is 5.01 Å². The van der Waals surface area contributed by atoms with Crippen molar-refractivity contribution in [1.29, 1.82) is 0 Å². The fraction of sp³-hybridized carbons (Fsp3) is 0.778. The predicted octanol–water partition coefficient (Wildman–Crippen LogP) is 4.29. The van der Waals surface area contributed by atoms with E-state index in [-0.39, 0.29) is 24.9 Å². The van der Waals surface area contributed by atoms with E-state index in [1.807, 2.05) is 5.38 Å². The summed E-state index contributed by atoms with van der Waals surface area (Å²) in [7, 11) is 1.46. The molecule has 0 spiro atoms. The zero-order valence-electron chi connectivity index (χ0n) is 16.3. The molecule has 0 bridgehead atoms. The number of rotatable bonds is 4. The molecule has 7 heteroatoms. The minimum absolute atomic E-state index is 0. The predicted molar refractivity (Wildman–Crippen MR) is 102 cm³/mol. The lowest BCUT2D eigenvalue weighted by atomic mass is 9.86. The average molecular weight is 375 g/mol. The summed E-state index contributed by atoms with van der Waals surface area (Å²) in [4.78, 5) is 20.3. The first-order chi connectivity index (χ1) is 11.5. The van der Waals surface area contributed by atoms with Crippen molar-refractivity contribution in [1.82, 2.24) is 10.3 Å². The number of ether oxygens (including phenoxy) is 1. The molecule has 0 aromatic carbocycles. The minimum Gasteiger partial charge on any atom is -0.469 e. The molecule has 1 saturated heterocycles. The molecule has 0 amide bonds. The smallest absolute Gasteiger partial charge is 0.310 e. The lowest BCUT2D eigenvalue weighted by Crippen LogP contribution is -2.38. The van der Waals surface area contributed by atoms with Crippen LogP contribution in [0.25, 0.3) is 0 Å². The summed E-state index contributed by atoms with van der Waals surface area (Å²) in [5.74, 6) is 0.311. The number of nitrogens with zero attached hydrogens (tertiary/aromatic N) is 1. The first kappa shape index (κ1) is 22.0. The van der Waals surface area contributed by atoms with Crippen molar-refractivity contribution in [2.24, 2.45) is 11.8 Å². The molecule has 146 valence electrons. The van der Waals surface area contributed by atoms with Crippen molar-refractivity contribution in [3.05, 3.63) is 16.6 Å². The van der Waals surface area contributed by atoms with Crippen molar-refractivity contribution in [2.75, 3.05) is 7.11 Å². The molecule has 1 aliphatic heterocycles. The maximum atomic E-state index is 12.0. The maximum Gasteiger partial charge on any atom is 0.310 e. The highest BCUT2D eigenvalue weighted by molar-refractivity contribution is 7.09. The third-order valence-electron chi connectivity index (χ3n) is 3.93. The van der Waals surface area contributed by atoms with Gasteiger partial charge in [-0.15, -0.1) is 11.3 Å². The van der Waals surface area contributed by atoms with Crippen LogP contribution in [0.4, 0.5) is 0 Å². The number of esters is 1. The SMILES string of the molecule is CC(C)(C)OO.COC(=O)[C@H]1C[C@](C)(CC(C)C)N[C@H]1c1nccs1.[HH]. The molecule has 2 heterocycles. The van der Waals surface area contributed by atoms with Crippen LogP contribution in [0.15, 0.2) is 11.6 Å². The molecule has 0 radical (unpaired) electrons. The number of hydrogen-bond acceptors (Lipinski definition) is 7. The van der Waals surface area contributed by atoms with Gasteiger partial charge < -0.3 is 10.1 Å². The lowest BCUT2D eigenvalue weighted by Gasteiger charge is -2.27. The Balaban J connectivity index is 0.000000777. The Labute approximate surface area is 156 Å². The summed E-state index contributed by atoms with van der Waals surface area (Å²) in [5.41, 5.74) is -0.427. The molecule has 0 unspecified atom stereocenters. The molecule has 0 saturated carbocycles. The van der Waals surface area contributed by atoms with E-state index in [4.69, 9.17) is 9.99 Å². The van der Waals surface area contributed by atoms with Crippen LogP contribution in [0.3, 0.4) is 0 Å². The summed E-state index contributed by atoms with van der Waals surface area (Å²) in [6.07, 6.45) is 3.64. The zero-order chi connectivity index (χ0) is 19.3. The van der Waals surface area contributed by atoms with Crippen LogP contribution in [-0.4, -0.2) is 34.5 Å². The second kappa shape index (κ2) is 9.07. The molecule has 2 rings (SSSR count). The van der Waals surface area contributed by atoms with E-state index in [1.54, 1.807) is 38.3 Å². The van der Waals surface area contributed by atoms with Gasteiger partial charge in [0.2, 0.25) is 0 Å². The standard InChI is InChI=1S/C14H22N2O2S.C4H10O2.H2/c1-9(2)7-14(3)8-10(13(17)18-4)11(16-14)12-15-5-6-19-12;1-4(2,3)6-5;/h5-6,9-11,16H,7-8H2,1-4H3;5H,1-3H3;1H/t10-,11+,14-;;/m0../s1. The van der Waals surface area contributed by atoms with Crippen molar-refractivity contribution < 1.29 is 21.1 Å². The Morgan fingerprint density at radius 3 is 2.56 bits per heavy atom. The topological polar surface area (TPSA) is 80.7 Å². The Morgan fingerprint density at radius 2 is 2.16 bits per heavy atom. The van der Waals surface area contributed by atoms with Crippen molar-refractivity contribution in [3.8, 4) is 0 Å². The molecule has 3 atom stereocenters. The van der Waals surface area contributed by atoms with Crippen LogP contribution in [-0.2, 0) is 14.4 Å². The number of methoxy groups -OCH3 is 1. The summed E-state index contributed by atoms with van der Waals surface area (Å²) in [5, 5.41) is 14.4. The summed E-state index contributed by atoms with van der Waals surface area (Å²) < 4.78 is 4.96. The molecule has 25 heavy (non-hydrogen) atoms. The van der Waals surface area contributed by atoms with Gasteiger partial charge in [-0.25, -0.2) is 9.87 Å². The molecule has 1 aromatic rings. The van der Waals surface area contributed by atoms with Gasteiger partial charge in [0.05, 0.1) is 24.7 Å². The fourth-order valence-corrected chi connectivity index (χ4v) is 3.93. The van der Waals surface area contributed by atoms with E-state index >= 15 is 0 Å².